The molecule has 1 aromatic heterocycles. The van der Waals surface area contributed by atoms with Crippen LogP contribution in [0.3, 0.4) is 0 Å². The lowest BCUT2D eigenvalue weighted by atomic mass is 10.0. The number of amides is 2. The maximum absolute atomic E-state index is 13.4. The molecule has 2 amide bonds. The Bertz CT molecular complexity index is 1240. The number of fused-ring (bicyclic) bond motifs is 3. The molecular weight excluding hydrogens is 472 g/mol. The first-order valence-electron chi connectivity index (χ1n) is 10.8. The van der Waals surface area contributed by atoms with Crippen molar-refractivity contribution in [2.45, 2.75) is 29.5 Å². The first kappa shape index (κ1) is 22.2. The van der Waals surface area contributed by atoms with Crippen LogP contribution >= 0.6 is 11.6 Å². The van der Waals surface area contributed by atoms with Gasteiger partial charge in [0, 0.05) is 37.3 Å². The van der Waals surface area contributed by atoms with Crippen LogP contribution in [-0.2, 0) is 20.3 Å². The van der Waals surface area contributed by atoms with Crippen molar-refractivity contribution >= 4 is 33.4 Å². The highest BCUT2D eigenvalue weighted by molar-refractivity contribution is 7.91. The van der Waals surface area contributed by atoms with E-state index in [4.69, 9.17) is 16.3 Å². The number of aromatic nitrogens is 2. The van der Waals surface area contributed by atoms with E-state index in [-0.39, 0.29) is 39.9 Å². The summed E-state index contributed by atoms with van der Waals surface area (Å²) >= 11 is 6.30. The molecule has 33 heavy (non-hydrogen) atoms. The Labute approximate surface area is 195 Å². The van der Waals surface area contributed by atoms with Gasteiger partial charge in [0.2, 0.25) is 0 Å². The molecule has 2 saturated heterocycles. The van der Waals surface area contributed by atoms with Crippen molar-refractivity contribution in [1.82, 2.24) is 19.6 Å². The molecule has 1 atom stereocenters. The summed E-state index contributed by atoms with van der Waals surface area (Å²) in [6.07, 6.45) is 0.279. The maximum Gasteiger partial charge on any atom is 0.407 e. The van der Waals surface area contributed by atoms with Crippen LogP contribution in [0.2, 0.25) is 5.02 Å². The highest BCUT2D eigenvalue weighted by Crippen LogP contribution is 2.44. The number of hydrogen-bond acceptors (Lipinski definition) is 6. The minimum atomic E-state index is -3.80. The number of ether oxygens (including phenoxy) is 1. The third kappa shape index (κ3) is 3.77. The highest BCUT2D eigenvalue weighted by Gasteiger charge is 2.40. The Hall–Kier alpha value is -2.63. The molecule has 0 bridgehead atoms. The van der Waals surface area contributed by atoms with E-state index in [2.05, 4.69) is 5.10 Å². The van der Waals surface area contributed by atoms with Crippen LogP contribution in [-0.4, -0.2) is 84.5 Å². The standard InChI is InChI=1S/C21H23ClN4O6S/c22-16-5-1-4-14-18-15(12-33(30,31)19(14)16)17(20(27)24-7-9-32-10-8-24)23-26(18)13-3-2-6-25(11-13)21(28)29/h1,4-5,13H,2-3,6-12H2,(H,28,29). The minimum absolute atomic E-state index is 0.0246. The number of hydrogen-bond donors (Lipinski definition) is 1. The van der Waals surface area contributed by atoms with Gasteiger partial charge in [-0.2, -0.15) is 5.10 Å². The van der Waals surface area contributed by atoms with Crippen molar-refractivity contribution in [3.8, 4) is 11.3 Å². The fourth-order valence-electron chi connectivity index (χ4n) is 4.85. The Kier molecular flexibility index (Phi) is 5.58. The summed E-state index contributed by atoms with van der Waals surface area (Å²) in [7, 11) is -3.80. The largest absolute Gasteiger partial charge is 0.465 e. The molecule has 3 aliphatic rings. The lowest BCUT2D eigenvalue weighted by Gasteiger charge is -2.32. The van der Waals surface area contributed by atoms with E-state index in [1.807, 2.05) is 0 Å². The number of carbonyl (C=O) groups excluding carboxylic acids is 1. The third-order valence-corrected chi connectivity index (χ3v) is 8.55. The number of carbonyl (C=O) groups is 2. The number of benzene rings is 1. The van der Waals surface area contributed by atoms with Crippen LogP contribution in [0.15, 0.2) is 23.1 Å². The van der Waals surface area contributed by atoms with E-state index in [1.54, 1.807) is 21.7 Å². The van der Waals surface area contributed by atoms with Gasteiger partial charge in [-0.1, -0.05) is 23.7 Å². The summed E-state index contributed by atoms with van der Waals surface area (Å²) in [5.41, 5.74) is 1.35. The van der Waals surface area contributed by atoms with Crippen LogP contribution in [0.1, 0.15) is 34.9 Å². The predicted molar refractivity (Wildman–Crippen MR) is 118 cm³/mol. The Balaban J connectivity index is 1.69. The van der Waals surface area contributed by atoms with Crippen LogP contribution in [0.5, 0.6) is 0 Å². The molecule has 12 heteroatoms. The Morgan fingerprint density at radius 1 is 1.15 bits per heavy atom. The smallest absolute Gasteiger partial charge is 0.407 e. The van der Waals surface area contributed by atoms with Crippen molar-refractivity contribution in [3.05, 3.63) is 34.5 Å². The third-order valence-electron chi connectivity index (χ3n) is 6.39. The molecule has 1 unspecified atom stereocenters. The molecule has 176 valence electrons. The van der Waals surface area contributed by atoms with E-state index >= 15 is 0 Å². The van der Waals surface area contributed by atoms with E-state index in [0.717, 1.165) is 0 Å². The molecule has 4 heterocycles. The molecule has 0 radical (unpaired) electrons. The fraction of sp³-hybridized carbons (Fsp3) is 0.476. The van der Waals surface area contributed by atoms with Gasteiger partial charge in [-0.05, 0) is 18.9 Å². The average molecular weight is 495 g/mol. The van der Waals surface area contributed by atoms with Crippen molar-refractivity contribution in [3.63, 3.8) is 0 Å². The molecular formula is C21H23ClN4O6S. The van der Waals surface area contributed by atoms with Gasteiger partial charge in [0.25, 0.3) is 5.91 Å². The van der Waals surface area contributed by atoms with Gasteiger partial charge < -0.3 is 19.6 Å². The molecule has 1 N–H and O–H groups in total. The monoisotopic (exact) mass is 494 g/mol. The van der Waals surface area contributed by atoms with E-state index < -0.39 is 15.9 Å². The van der Waals surface area contributed by atoms with Crippen LogP contribution in [0.4, 0.5) is 4.79 Å². The van der Waals surface area contributed by atoms with Gasteiger partial charge in [0.15, 0.2) is 15.5 Å². The molecule has 10 nitrogen and oxygen atoms in total. The zero-order chi connectivity index (χ0) is 23.3. The number of morpholine rings is 1. The number of rotatable bonds is 2. The lowest BCUT2D eigenvalue weighted by molar-refractivity contribution is 0.0297. The summed E-state index contributed by atoms with van der Waals surface area (Å²) in [6, 6.07) is 4.52. The SMILES string of the molecule is O=C(O)N1CCCC(n2nc(C(=O)N3CCOCC3)c3c2-c2cccc(Cl)c2S(=O)(=O)C3)C1. The quantitative estimate of drug-likeness (QED) is 0.679. The number of sulfone groups is 1. The van der Waals surface area contributed by atoms with Gasteiger partial charge in [-0.15, -0.1) is 0 Å². The first-order chi connectivity index (χ1) is 15.8. The first-order valence-corrected chi connectivity index (χ1v) is 12.8. The molecule has 0 spiro atoms. The van der Waals surface area contributed by atoms with Crippen molar-refractivity contribution in [2.24, 2.45) is 0 Å². The minimum Gasteiger partial charge on any atom is -0.465 e. The van der Waals surface area contributed by atoms with Gasteiger partial charge in [-0.25, -0.2) is 13.2 Å². The van der Waals surface area contributed by atoms with Crippen molar-refractivity contribution < 1.29 is 27.9 Å². The molecule has 1 aromatic carbocycles. The predicted octanol–water partition coefficient (Wildman–Crippen LogP) is 2.28. The molecule has 3 aliphatic heterocycles. The summed E-state index contributed by atoms with van der Waals surface area (Å²) in [5, 5.41) is 14.2. The second kappa shape index (κ2) is 8.30. The number of nitrogens with zero attached hydrogens (tertiary/aromatic N) is 4. The number of carboxylic acid groups (broad SMARTS) is 1. The molecule has 0 aliphatic carbocycles. The van der Waals surface area contributed by atoms with Gasteiger partial charge in [-0.3, -0.25) is 9.48 Å². The van der Waals surface area contributed by atoms with E-state index in [1.165, 1.54) is 11.0 Å². The number of halogens is 1. The van der Waals surface area contributed by atoms with Crippen molar-refractivity contribution in [1.29, 1.82) is 0 Å². The second-order valence-electron chi connectivity index (χ2n) is 8.43. The van der Waals surface area contributed by atoms with E-state index in [0.29, 0.717) is 62.5 Å². The molecule has 5 rings (SSSR count). The number of likely N-dealkylation sites (tertiary alicyclic amines) is 1. The maximum atomic E-state index is 13.4. The van der Waals surface area contributed by atoms with Gasteiger partial charge in [0.05, 0.1) is 40.6 Å². The normalized spacial score (nSPS) is 21.9. The summed E-state index contributed by atoms with van der Waals surface area (Å²) in [4.78, 5) is 28.0. The zero-order valence-electron chi connectivity index (χ0n) is 17.7. The van der Waals surface area contributed by atoms with Crippen LogP contribution < -0.4 is 0 Å². The summed E-state index contributed by atoms with van der Waals surface area (Å²) in [6.45, 7) is 2.23. The van der Waals surface area contributed by atoms with Crippen LogP contribution in [0.25, 0.3) is 11.3 Å². The fourth-order valence-corrected chi connectivity index (χ4v) is 7.04. The zero-order valence-corrected chi connectivity index (χ0v) is 19.3. The van der Waals surface area contributed by atoms with E-state index in [9.17, 15) is 23.1 Å². The molecule has 0 saturated carbocycles. The average Bonchev–Trinajstić information content (AvgIpc) is 3.17. The van der Waals surface area contributed by atoms with Crippen molar-refractivity contribution in [2.75, 3.05) is 39.4 Å². The summed E-state index contributed by atoms with van der Waals surface area (Å²) < 4.78 is 33.4. The topological polar surface area (TPSA) is 122 Å². The number of piperidine rings is 1. The molecule has 2 fully saturated rings. The molecule has 2 aromatic rings. The highest BCUT2D eigenvalue weighted by atomic mass is 35.5. The van der Waals surface area contributed by atoms with Gasteiger partial charge >= 0.3 is 6.09 Å². The lowest BCUT2D eigenvalue weighted by Crippen LogP contribution is -2.41. The van der Waals surface area contributed by atoms with Gasteiger partial charge in [0.1, 0.15) is 0 Å². The van der Waals surface area contributed by atoms with Crippen LogP contribution in [0, 0.1) is 0 Å². The Morgan fingerprint density at radius 2 is 1.91 bits per heavy atom. The second-order valence-corrected chi connectivity index (χ2v) is 10.8. The summed E-state index contributed by atoms with van der Waals surface area (Å²) in [5.74, 6) is -0.736. The Morgan fingerprint density at radius 3 is 2.64 bits per heavy atom.